The van der Waals surface area contributed by atoms with E-state index < -0.39 is 0 Å². The molecule has 1 unspecified atom stereocenters. The minimum atomic E-state index is 0.360. The molecular formula is C19H23NO2. The smallest absolute Gasteiger partial charge is 0.118 e. The van der Waals surface area contributed by atoms with Gasteiger partial charge in [0, 0.05) is 12.0 Å². The van der Waals surface area contributed by atoms with Gasteiger partial charge in [0.15, 0.2) is 0 Å². The van der Waals surface area contributed by atoms with Gasteiger partial charge in [-0.25, -0.2) is 0 Å². The maximum Gasteiger partial charge on any atom is 0.118 e. The van der Waals surface area contributed by atoms with E-state index in [4.69, 9.17) is 9.47 Å². The molecule has 2 aromatic carbocycles. The Morgan fingerprint density at radius 3 is 1.73 bits per heavy atom. The quantitative estimate of drug-likeness (QED) is 0.915. The average Bonchev–Trinajstić information content (AvgIpc) is 3.10. The topological polar surface area (TPSA) is 30.5 Å². The number of hydrogen-bond donors (Lipinski definition) is 1. The lowest BCUT2D eigenvalue weighted by Gasteiger charge is -2.25. The molecular weight excluding hydrogens is 274 g/mol. The van der Waals surface area contributed by atoms with E-state index in [0.29, 0.717) is 12.0 Å². The van der Waals surface area contributed by atoms with Gasteiger partial charge in [0.25, 0.3) is 0 Å². The van der Waals surface area contributed by atoms with Crippen LogP contribution in [0.3, 0.4) is 0 Å². The molecule has 1 aliphatic rings. The van der Waals surface area contributed by atoms with Gasteiger partial charge in [-0.2, -0.15) is 0 Å². The summed E-state index contributed by atoms with van der Waals surface area (Å²) in [4.78, 5) is 0. The highest BCUT2D eigenvalue weighted by Crippen LogP contribution is 2.33. The van der Waals surface area contributed by atoms with E-state index in [1.165, 1.54) is 24.0 Å². The summed E-state index contributed by atoms with van der Waals surface area (Å²) in [6.07, 6.45) is 2.45. The van der Waals surface area contributed by atoms with Crippen LogP contribution in [0.25, 0.3) is 0 Å². The lowest BCUT2D eigenvalue weighted by Crippen LogP contribution is -2.29. The van der Waals surface area contributed by atoms with E-state index in [1.54, 1.807) is 14.2 Å². The maximum atomic E-state index is 5.28. The molecule has 0 aliphatic carbocycles. The number of ether oxygens (including phenoxy) is 2. The highest BCUT2D eigenvalue weighted by atomic mass is 16.5. The van der Waals surface area contributed by atoms with Crippen molar-refractivity contribution in [2.45, 2.75) is 24.8 Å². The minimum absolute atomic E-state index is 0.360. The molecule has 1 N–H and O–H groups in total. The third-order valence-electron chi connectivity index (χ3n) is 4.45. The molecule has 0 radical (unpaired) electrons. The second kappa shape index (κ2) is 6.84. The van der Waals surface area contributed by atoms with Crippen LogP contribution in [-0.4, -0.2) is 26.8 Å². The van der Waals surface area contributed by atoms with Gasteiger partial charge in [0.1, 0.15) is 11.5 Å². The molecule has 1 atom stereocenters. The van der Waals surface area contributed by atoms with Gasteiger partial charge in [-0.05, 0) is 54.8 Å². The fraction of sp³-hybridized carbons (Fsp3) is 0.368. The van der Waals surface area contributed by atoms with Crippen molar-refractivity contribution in [2.24, 2.45) is 0 Å². The van der Waals surface area contributed by atoms with Crippen molar-refractivity contribution in [2.75, 3.05) is 20.8 Å². The van der Waals surface area contributed by atoms with E-state index >= 15 is 0 Å². The van der Waals surface area contributed by atoms with Crippen LogP contribution in [0.1, 0.15) is 29.9 Å². The molecule has 3 rings (SSSR count). The second-order valence-electron chi connectivity index (χ2n) is 5.73. The predicted octanol–water partition coefficient (Wildman–Crippen LogP) is 3.59. The lowest BCUT2D eigenvalue weighted by atomic mass is 9.84. The maximum absolute atomic E-state index is 5.28. The van der Waals surface area contributed by atoms with Crippen molar-refractivity contribution in [1.82, 2.24) is 5.32 Å². The van der Waals surface area contributed by atoms with Crippen LogP contribution in [0.4, 0.5) is 0 Å². The molecule has 0 saturated carbocycles. The highest BCUT2D eigenvalue weighted by molar-refractivity contribution is 5.39. The molecule has 0 aromatic heterocycles. The molecule has 3 nitrogen and oxygen atoms in total. The van der Waals surface area contributed by atoms with Gasteiger partial charge in [-0.15, -0.1) is 0 Å². The summed E-state index contributed by atoms with van der Waals surface area (Å²) in [7, 11) is 3.41. The molecule has 1 fully saturated rings. The molecule has 2 aromatic rings. The van der Waals surface area contributed by atoms with Gasteiger partial charge in [0.05, 0.1) is 14.2 Å². The number of benzene rings is 2. The third kappa shape index (κ3) is 3.09. The Labute approximate surface area is 132 Å². The standard InChI is InChI=1S/C19H23NO2/c1-21-16-9-5-14(6-10-16)19(18-4-3-13-20-18)15-7-11-17(22-2)12-8-15/h5-12,18-20H,3-4,13H2,1-2H3. The third-order valence-corrected chi connectivity index (χ3v) is 4.45. The van der Waals surface area contributed by atoms with Gasteiger partial charge in [-0.3, -0.25) is 0 Å². The van der Waals surface area contributed by atoms with E-state index in [1.807, 2.05) is 24.3 Å². The Hall–Kier alpha value is -2.00. The van der Waals surface area contributed by atoms with Gasteiger partial charge < -0.3 is 14.8 Å². The van der Waals surface area contributed by atoms with Gasteiger partial charge in [-0.1, -0.05) is 24.3 Å². The number of rotatable bonds is 5. The zero-order valence-electron chi connectivity index (χ0n) is 13.2. The zero-order valence-corrected chi connectivity index (χ0v) is 13.2. The van der Waals surface area contributed by atoms with E-state index in [0.717, 1.165) is 18.0 Å². The minimum Gasteiger partial charge on any atom is -0.497 e. The number of nitrogens with one attached hydrogen (secondary N) is 1. The summed E-state index contributed by atoms with van der Waals surface area (Å²) in [5, 5.41) is 3.65. The summed E-state index contributed by atoms with van der Waals surface area (Å²) >= 11 is 0. The van der Waals surface area contributed by atoms with Gasteiger partial charge in [0.2, 0.25) is 0 Å². The van der Waals surface area contributed by atoms with Crippen molar-refractivity contribution in [3.05, 3.63) is 59.7 Å². The highest BCUT2D eigenvalue weighted by Gasteiger charge is 2.27. The summed E-state index contributed by atoms with van der Waals surface area (Å²) in [5.74, 6) is 2.16. The first-order valence-corrected chi connectivity index (χ1v) is 7.83. The number of hydrogen-bond acceptors (Lipinski definition) is 3. The molecule has 0 spiro atoms. The Morgan fingerprint density at radius 1 is 0.864 bits per heavy atom. The van der Waals surface area contributed by atoms with Crippen LogP contribution < -0.4 is 14.8 Å². The van der Waals surface area contributed by atoms with Crippen molar-refractivity contribution >= 4 is 0 Å². The first kappa shape index (κ1) is 14.9. The summed E-state index contributed by atoms with van der Waals surface area (Å²) < 4.78 is 10.6. The molecule has 1 aliphatic heterocycles. The summed E-state index contributed by atoms with van der Waals surface area (Å²) in [6.45, 7) is 1.10. The molecule has 1 saturated heterocycles. The van der Waals surface area contributed by atoms with Crippen LogP contribution in [0.2, 0.25) is 0 Å². The normalized spacial score (nSPS) is 17.7. The van der Waals surface area contributed by atoms with Crippen LogP contribution >= 0.6 is 0 Å². The Morgan fingerprint density at radius 2 is 1.36 bits per heavy atom. The first-order chi connectivity index (χ1) is 10.8. The Kier molecular flexibility index (Phi) is 4.64. The Bertz CT molecular complexity index is 538. The molecule has 0 amide bonds. The van der Waals surface area contributed by atoms with Crippen LogP contribution in [0.5, 0.6) is 11.5 Å². The molecule has 0 bridgehead atoms. The average molecular weight is 297 g/mol. The molecule has 1 heterocycles. The van der Waals surface area contributed by atoms with E-state index in [2.05, 4.69) is 29.6 Å². The van der Waals surface area contributed by atoms with Crippen LogP contribution in [-0.2, 0) is 0 Å². The Balaban J connectivity index is 1.94. The molecule has 116 valence electrons. The zero-order chi connectivity index (χ0) is 15.4. The van der Waals surface area contributed by atoms with Crippen LogP contribution in [0, 0.1) is 0 Å². The van der Waals surface area contributed by atoms with Crippen molar-refractivity contribution in [3.63, 3.8) is 0 Å². The second-order valence-corrected chi connectivity index (χ2v) is 5.73. The largest absolute Gasteiger partial charge is 0.497 e. The molecule has 3 heteroatoms. The van der Waals surface area contributed by atoms with E-state index in [-0.39, 0.29) is 0 Å². The van der Waals surface area contributed by atoms with Crippen molar-refractivity contribution < 1.29 is 9.47 Å². The SMILES string of the molecule is COc1ccc(C(c2ccc(OC)cc2)C2CCCN2)cc1. The fourth-order valence-corrected chi connectivity index (χ4v) is 3.28. The fourth-order valence-electron chi connectivity index (χ4n) is 3.28. The lowest BCUT2D eigenvalue weighted by molar-refractivity contribution is 0.414. The summed E-state index contributed by atoms with van der Waals surface area (Å²) in [5.41, 5.74) is 2.65. The molecule has 22 heavy (non-hydrogen) atoms. The first-order valence-electron chi connectivity index (χ1n) is 7.83. The van der Waals surface area contributed by atoms with Crippen LogP contribution in [0.15, 0.2) is 48.5 Å². The summed E-state index contributed by atoms with van der Waals surface area (Å²) in [6, 6.07) is 17.4. The predicted molar refractivity (Wildman–Crippen MR) is 88.9 cm³/mol. The number of methoxy groups -OCH3 is 2. The van der Waals surface area contributed by atoms with Crippen molar-refractivity contribution in [3.8, 4) is 11.5 Å². The van der Waals surface area contributed by atoms with Gasteiger partial charge >= 0.3 is 0 Å². The van der Waals surface area contributed by atoms with Crippen molar-refractivity contribution in [1.29, 1.82) is 0 Å². The van der Waals surface area contributed by atoms with E-state index in [9.17, 15) is 0 Å². The monoisotopic (exact) mass is 297 g/mol.